The van der Waals surface area contributed by atoms with Crippen molar-refractivity contribution in [2.75, 3.05) is 10.6 Å². The maximum atomic E-state index is 12.7. The molecule has 3 N–H and O–H groups in total. The summed E-state index contributed by atoms with van der Waals surface area (Å²) in [7, 11) is 0. The monoisotopic (exact) mass is 437 g/mol. The van der Waals surface area contributed by atoms with Crippen LogP contribution in [0.1, 0.15) is 33.2 Å². The molecule has 0 aliphatic carbocycles. The van der Waals surface area contributed by atoms with E-state index in [2.05, 4.69) is 15.6 Å². The summed E-state index contributed by atoms with van der Waals surface area (Å²) in [6, 6.07) is 12.9. The molecule has 0 aliphatic heterocycles. The summed E-state index contributed by atoms with van der Waals surface area (Å²) >= 11 is 5.78. The minimum absolute atomic E-state index is 0.0163. The Balaban J connectivity index is 1.89. The quantitative estimate of drug-likeness (QED) is 0.295. The second kappa shape index (κ2) is 9.14. The minimum atomic E-state index is -0.625. The van der Waals surface area contributed by atoms with Gasteiger partial charge >= 0.3 is 0 Å². The molecule has 0 bridgehead atoms. The number of amides is 2. The molecular weight excluding hydrogens is 422 g/mol. The summed E-state index contributed by atoms with van der Waals surface area (Å²) in [5, 5.41) is 24.3. The van der Waals surface area contributed by atoms with Gasteiger partial charge in [-0.3, -0.25) is 19.7 Å². The lowest BCUT2D eigenvalue weighted by Gasteiger charge is -2.12. The van der Waals surface area contributed by atoms with Crippen molar-refractivity contribution in [2.24, 2.45) is 0 Å². The zero-order valence-corrected chi connectivity index (χ0v) is 16.9. The van der Waals surface area contributed by atoms with Crippen molar-refractivity contribution in [1.29, 1.82) is 5.41 Å². The number of hydrogen-bond acceptors (Lipinski definition) is 6. The number of benzene rings is 2. The molecule has 0 atom stereocenters. The highest BCUT2D eigenvalue weighted by Gasteiger charge is 2.19. The standard InChI is InChI=1S/C21H16ClN5O4/c1-12(23)13-2-4-14(5-3-13)20(28)25-18-10-16(27(30)31)7-8-17(18)21(29)26-19-9-6-15(22)11-24-19/h2-11,23H,1H3,(H,25,28)(H,24,26,29). The van der Waals surface area contributed by atoms with Crippen LogP contribution < -0.4 is 10.6 Å². The van der Waals surface area contributed by atoms with Crippen LogP contribution in [0.3, 0.4) is 0 Å². The maximum absolute atomic E-state index is 12.7. The number of nitro groups is 1. The molecule has 3 aromatic rings. The first kappa shape index (κ1) is 21.6. The van der Waals surface area contributed by atoms with Crippen molar-refractivity contribution < 1.29 is 14.5 Å². The van der Waals surface area contributed by atoms with Gasteiger partial charge in [-0.25, -0.2) is 4.98 Å². The summed E-state index contributed by atoms with van der Waals surface area (Å²) in [6.45, 7) is 1.62. The summed E-state index contributed by atoms with van der Waals surface area (Å²) in [6.07, 6.45) is 1.36. The van der Waals surface area contributed by atoms with Gasteiger partial charge in [-0.15, -0.1) is 0 Å². The Labute approximate surface area is 181 Å². The van der Waals surface area contributed by atoms with E-state index in [9.17, 15) is 19.7 Å². The summed E-state index contributed by atoms with van der Waals surface area (Å²) in [4.78, 5) is 39.9. The van der Waals surface area contributed by atoms with Gasteiger partial charge in [0.2, 0.25) is 0 Å². The van der Waals surface area contributed by atoms with Crippen molar-refractivity contribution in [3.05, 3.63) is 92.6 Å². The van der Waals surface area contributed by atoms with Gasteiger partial charge in [0.15, 0.2) is 0 Å². The van der Waals surface area contributed by atoms with Crippen LogP contribution in [-0.4, -0.2) is 27.4 Å². The van der Waals surface area contributed by atoms with Crippen LogP contribution in [-0.2, 0) is 0 Å². The molecule has 0 aliphatic rings. The first-order valence-electron chi connectivity index (χ1n) is 8.93. The number of halogens is 1. The van der Waals surface area contributed by atoms with Gasteiger partial charge in [-0.1, -0.05) is 23.7 Å². The van der Waals surface area contributed by atoms with E-state index < -0.39 is 16.7 Å². The number of pyridine rings is 1. The molecule has 9 nitrogen and oxygen atoms in total. The second-order valence-electron chi connectivity index (χ2n) is 6.46. The summed E-state index contributed by atoms with van der Waals surface area (Å²) in [5.74, 6) is -0.953. The Morgan fingerprint density at radius 3 is 2.26 bits per heavy atom. The van der Waals surface area contributed by atoms with Gasteiger partial charge in [0.05, 0.1) is 21.2 Å². The predicted molar refractivity (Wildman–Crippen MR) is 117 cm³/mol. The van der Waals surface area contributed by atoms with E-state index in [1.165, 1.54) is 36.5 Å². The highest BCUT2D eigenvalue weighted by Crippen LogP contribution is 2.24. The average molecular weight is 438 g/mol. The zero-order chi connectivity index (χ0) is 22.5. The van der Waals surface area contributed by atoms with Crippen molar-refractivity contribution in [3.8, 4) is 0 Å². The van der Waals surface area contributed by atoms with E-state index in [4.69, 9.17) is 17.0 Å². The Bertz CT molecular complexity index is 1180. The maximum Gasteiger partial charge on any atom is 0.271 e. The lowest BCUT2D eigenvalue weighted by Crippen LogP contribution is -2.19. The SMILES string of the molecule is CC(=N)c1ccc(C(=O)Nc2cc([N+](=O)[O-])ccc2C(=O)Nc2ccc(Cl)cn2)cc1. The third kappa shape index (κ3) is 5.28. The highest BCUT2D eigenvalue weighted by atomic mass is 35.5. The third-order valence-corrected chi connectivity index (χ3v) is 4.48. The van der Waals surface area contributed by atoms with Crippen LogP contribution in [0.15, 0.2) is 60.8 Å². The van der Waals surface area contributed by atoms with Gasteiger partial charge in [-0.05, 0) is 42.8 Å². The largest absolute Gasteiger partial charge is 0.321 e. The summed E-state index contributed by atoms with van der Waals surface area (Å²) < 4.78 is 0. The topological polar surface area (TPSA) is 138 Å². The predicted octanol–water partition coefficient (Wildman–Crippen LogP) is 4.54. The number of hydrogen-bond donors (Lipinski definition) is 3. The Hall–Kier alpha value is -4.11. The number of nitrogens with one attached hydrogen (secondary N) is 3. The number of nitrogens with zero attached hydrogens (tertiary/aromatic N) is 2. The number of rotatable bonds is 6. The molecule has 0 fully saturated rings. The Kier molecular flexibility index (Phi) is 6.37. The highest BCUT2D eigenvalue weighted by molar-refractivity contribution is 6.30. The normalized spacial score (nSPS) is 10.3. The van der Waals surface area contributed by atoms with Gasteiger partial charge < -0.3 is 16.0 Å². The second-order valence-corrected chi connectivity index (χ2v) is 6.90. The molecule has 1 heterocycles. The molecule has 10 heteroatoms. The molecule has 1 aromatic heterocycles. The van der Waals surface area contributed by atoms with Crippen LogP contribution in [0.2, 0.25) is 5.02 Å². The molecule has 3 rings (SSSR count). The molecule has 0 saturated heterocycles. The molecule has 31 heavy (non-hydrogen) atoms. The van der Waals surface area contributed by atoms with Crippen LogP contribution in [0.4, 0.5) is 17.2 Å². The van der Waals surface area contributed by atoms with Gasteiger partial charge in [0, 0.05) is 29.6 Å². The fraction of sp³-hybridized carbons (Fsp3) is 0.0476. The van der Waals surface area contributed by atoms with E-state index in [1.54, 1.807) is 25.1 Å². The first-order valence-corrected chi connectivity index (χ1v) is 9.30. The Morgan fingerprint density at radius 1 is 1.00 bits per heavy atom. The number of anilines is 2. The smallest absolute Gasteiger partial charge is 0.271 e. The lowest BCUT2D eigenvalue weighted by molar-refractivity contribution is -0.384. The molecule has 0 unspecified atom stereocenters. The fourth-order valence-corrected chi connectivity index (χ4v) is 2.76. The van der Waals surface area contributed by atoms with Crippen LogP contribution in [0, 0.1) is 15.5 Å². The van der Waals surface area contributed by atoms with Gasteiger partial charge in [0.25, 0.3) is 17.5 Å². The van der Waals surface area contributed by atoms with Gasteiger partial charge in [0.1, 0.15) is 5.82 Å². The van der Waals surface area contributed by atoms with Gasteiger partial charge in [-0.2, -0.15) is 0 Å². The zero-order valence-electron chi connectivity index (χ0n) is 16.2. The molecule has 2 aromatic carbocycles. The Morgan fingerprint density at radius 2 is 1.68 bits per heavy atom. The molecule has 0 radical (unpaired) electrons. The molecule has 156 valence electrons. The molecule has 0 spiro atoms. The van der Waals surface area contributed by atoms with E-state index in [0.29, 0.717) is 16.3 Å². The molecule has 2 amide bonds. The fourth-order valence-electron chi connectivity index (χ4n) is 2.65. The summed E-state index contributed by atoms with van der Waals surface area (Å²) in [5.41, 5.74) is 0.969. The van der Waals surface area contributed by atoms with E-state index >= 15 is 0 Å². The van der Waals surface area contributed by atoms with Crippen molar-refractivity contribution in [1.82, 2.24) is 4.98 Å². The minimum Gasteiger partial charge on any atom is -0.321 e. The number of nitro benzene ring substituents is 1. The van der Waals surface area contributed by atoms with Crippen molar-refractivity contribution in [2.45, 2.75) is 6.92 Å². The molecule has 0 saturated carbocycles. The van der Waals surface area contributed by atoms with E-state index in [0.717, 1.165) is 6.07 Å². The number of carbonyl (C=O) groups excluding carboxylic acids is 2. The first-order chi connectivity index (χ1) is 14.7. The molecular formula is C21H16ClN5O4. The van der Waals surface area contributed by atoms with E-state index in [-0.39, 0.29) is 28.3 Å². The van der Waals surface area contributed by atoms with Crippen molar-refractivity contribution in [3.63, 3.8) is 0 Å². The number of carbonyl (C=O) groups is 2. The van der Waals surface area contributed by atoms with Crippen molar-refractivity contribution >= 4 is 46.3 Å². The average Bonchev–Trinajstić information content (AvgIpc) is 2.75. The number of aromatic nitrogens is 1. The lowest BCUT2D eigenvalue weighted by atomic mass is 10.1. The van der Waals surface area contributed by atoms with Crippen LogP contribution in [0.25, 0.3) is 0 Å². The van der Waals surface area contributed by atoms with Crippen LogP contribution in [0.5, 0.6) is 0 Å². The number of non-ortho nitro benzene ring substituents is 1. The van der Waals surface area contributed by atoms with Crippen LogP contribution >= 0.6 is 11.6 Å². The third-order valence-electron chi connectivity index (χ3n) is 4.26. The van der Waals surface area contributed by atoms with E-state index in [1.807, 2.05) is 0 Å².